The summed E-state index contributed by atoms with van der Waals surface area (Å²) in [5.74, 6) is 1.07. The molecule has 0 amide bonds. The van der Waals surface area contributed by atoms with Crippen LogP contribution in [0.1, 0.15) is 30.8 Å². The maximum Gasteiger partial charge on any atom is 0.106 e. The third-order valence-corrected chi connectivity index (χ3v) is 2.90. The van der Waals surface area contributed by atoms with Crippen LogP contribution in [0, 0.1) is 0 Å². The lowest BCUT2D eigenvalue weighted by molar-refractivity contribution is 0.555. The first kappa shape index (κ1) is 11.9. The zero-order valence-electron chi connectivity index (χ0n) is 10.2. The van der Waals surface area contributed by atoms with Crippen molar-refractivity contribution in [1.82, 2.24) is 15.3 Å². The number of H-pyrrole nitrogens is 1. The minimum Gasteiger partial charge on any atom is -0.349 e. The molecule has 2 N–H and O–H groups in total. The molecule has 0 aliphatic rings. The molecule has 2 rings (SSSR count). The minimum atomic E-state index is 0.410. The molecule has 0 bridgehead atoms. The van der Waals surface area contributed by atoms with Gasteiger partial charge < -0.3 is 10.3 Å². The molecule has 0 aliphatic carbocycles. The Morgan fingerprint density at radius 2 is 2.12 bits per heavy atom. The fourth-order valence-corrected chi connectivity index (χ4v) is 1.87. The van der Waals surface area contributed by atoms with Gasteiger partial charge >= 0.3 is 0 Å². The average molecular weight is 229 g/mol. The van der Waals surface area contributed by atoms with Crippen molar-refractivity contribution in [1.29, 1.82) is 0 Å². The van der Waals surface area contributed by atoms with E-state index < -0.39 is 0 Å². The summed E-state index contributed by atoms with van der Waals surface area (Å²) in [4.78, 5) is 7.33. The number of aromatic nitrogens is 2. The Hall–Kier alpha value is -1.61. The number of benzene rings is 1. The van der Waals surface area contributed by atoms with Crippen LogP contribution >= 0.6 is 0 Å². The van der Waals surface area contributed by atoms with E-state index in [2.05, 4.69) is 46.5 Å². The third-order valence-electron chi connectivity index (χ3n) is 2.90. The second-order valence-corrected chi connectivity index (χ2v) is 4.23. The van der Waals surface area contributed by atoms with Gasteiger partial charge in [0.2, 0.25) is 0 Å². The number of nitrogens with zero attached hydrogens (tertiary/aromatic N) is 1. The Morgan fingerprint density at radius 3 is 2.82 bits per heavy atom. The van der Waals surface area contributed by atoms with Crippen LogP contribution in [0.4, 0.5) is 0 Å². The number of hydrogen-bond donors (Lipinski definition) is 2. The zero-order valence-corrected chi connectivity index (χ0v) is 10.2. The highest BCUT2D eigenvalue weighted by Gasteiger charge is 2.03. The van der Waals surface area contributed by atoms with E-state index in [-0.39, 0.29) is 0 Å². The van der Waals surface area contributed by atoms with Crippen molar-refractivity contribution in [2.45, 2.75) is 25.8 Å². The summed E-state index contributed by atoms with van der Waals surface area (Å²) in [7, 11) is 0. The van der Waals surface area contributed by atoms with Gasteiger partial charge in [-0.3, -0.25) is 0 Å². The smallest absolute Gasteiger partial charge is 0.106 e. The molecule has 0 spiro atoms. The van der Waals surface area contributed by atoms with E-state index in [4.69, 9.17) is 0 Å². The maximum absolute atomic E-state index is 4.21. The molecule has 0 aliphatic heterocycles. The lowest BCUT2D eigenvalue weighted by Crippen LogP contribution is -2.20. The first-order chi connectivity index (χ1) is 8.36. The van der Waals surface area contributed by atoms with Crippen LogP contribution in [0.2, 0.25) is 0 Å². The summed E-state index contributed by atoms with van der Waals surface area (Å²) >= 11 is 0. The first-order valence-electron chi connectivity index (χ1n) is 6.13. The lowest BCUT2D eigenvalue weighted by Gasteiger charge is -2.13. The first-order valence-corrected chi connectivity index (χ1v) is 6.13. The van der Waals surface area contributed by atoms with Crippen LogP contribution in [0.15, 0.2) is 42.7 Å². The van der Waals surface area contributed by atoms with Crippen LogP contribution in [0.3, 0.4) is 0 Å². The molecule has 0 fully saturated rings. The molecule has 1 aromatic heterocycles. The highest BCUT2D eigenvalue weighted by atomic mass is 14.9. The molecule has 0 radical (unpaired) electrons. The second-order valence-electron chi connectivity index (χ2n) is 4.23. The van der Waals surface area contributed by atoms with Gasteiger partial charge in [0.15, 0.2) is 0 Å². The molecular weight excluding hydrogens is 210 g/mol. The summed E-state index contributed by atoms with van der Waals surface area (Å²) in [6.45, 7) is 3.21. The standard InChI is InChI=1S/C14H19N3/c1-12(13-6-3-2-4-7-13)15-9-5-8-14-16-10-11-17-14/h2-4,6-7,10-12,15H,5,8-9H2,1H3,(H,16,17). The Balaban J connectivity index is 1.68. The normalized spacial score (nSPS) is 12.5. The highest BCUT2D eigenvalue weighted by Crippen LogP contribution is 2.10. The van der Waals surface area contributed by atoms with Crippen LogP contribution in [-0.4, -0.2) is 16.5 Å². The van der Waals surface area contributed by atoms with Gasteiger partial charge in [-0.15, -0.1) is 0 Å². The summed E-state index contributed by atoms with van der Waals surface area (Å²) in [6, 6.07) is 10.9. The number of nitrogens with one attached hydrogen (secondary N) is 2. The minimum absolute atomic E-state index is 0.410. The monoisotopic (exact) mass is 229 g/mol. The maximum atomic E-state index is 4.21. The van der Waals surface area contributed by atoms with E-state index in [9.17, 15) is 0 Å². The average Bonchev–Trinajstić information content (AvgIpc) is 2.88. The van der Waals surface area contributed by atoms with Gasteiger partial charge in [-0.25, -0.2) is 4.98 Å². The Kier molecular flexibility index (Phi) is 4.33. The molecule has 3 heteroatoms. The van der Waals surface area contributed by atoms with Crippen LogP contribution in [-0.2, 0) is 6.42 Å². The van der Waals surface area contributed by atoms with Crippen LogP contribution in [0.25, 0.3) is 0 Å². The van der Waals surface area contributed by atoms with Crippen molar-refractivity contribution >= 4 is 0 Å². The Morgan fingerprint density at radius 1 is 1.29 bits per heavy atom. The summed E-state index contributed by atoms with van der Waals surface area (Å²) < 4.78 is 0. The van der Waals surface area contributed by atoms with Gasteiger partial charge in [-0.05, 0) is 25.5 Å². The van der Waals surface area contributed by atoms with E-state index in [0.717, 1.165) is 25.2 Å². The van der Waals surface area contributed by atoms with E-state index in [0.29, 0.717) is 6.04 Å². The summed E-state index contributed by atoms with van der Waals surface area (Å²) in [5, 5.41) is 3.52. The molecule has 0 saturated carbocycles. The van der Waals surface area contributed by atoms with Crippen molar-refractivity contribution in [3.63, 3.8) is 0 Å². The predicted molar refractivity (Wildman–Crippen MR) is 69.8 cm³/mol. The largest absolute Gasteiger partial charge is 0.349 e. The van der Waals surface area contributed by atoms with Gasteiger partial charge in [-0.2, -0.15) is 0 Å². The molecule has 2 aromatic rings. The lowest BCUT2D eigenvalue weighted by atomic mass is 10.1. The molecule has 1 heterocycles. The molecule has 1 aromatic carbocycles. The quantitative estimate of drug-likeness (QED) is 0.748. The van der Waals surface area contributed by atoms with Crippen molar-refractivity contribution < 1.29 is 0 Å². The van der Waals surface area contributed by atoms with Gasteiger partial charge in [0.05, 0.1) is 0 Å². The van der Waals surface area contributed by atoms with Gasteiger partial charge in [0, 0.05) is 24.9 Å². The molecule has 17 heavy (non-hydrogen) atoms. The number of hydrogen-bond acceptors (Lipinski definition) is 2. The number of aromatic amines is 1. The predicted octanol–water partition coefficient (Wildman–Crippen LogP) is 2.69. The van der Waals surface area contributed by atoms with E-state index in [1.54, 1.807) is 6.20 Å². The van der Waals surface area contributed by atoms with Gasteiger partial charge in [-0.1, -0.05) is 30.3 Å². The van der Waals surface area contributed by atoms with Crippen LogP contribution in [0.5, 0.6) is 0 Å². The van der Waals surface area contributed by atoms with Crippen molar-refractivity contribution in [3.05, 3.63) is 54.1 Å². The third kappa shape index (κ3) is 3.71. The molecular formula is C14H19N3. The van der Waals surface area contributed by atoms with E-state index in [1.165, 1.54) is 5.56 Å². The molecule has 1 unspecified atom stereocenters. The van der Waals surface area contributed by atoms with E-state index in [1.807, 2.05) is 12.3 Å². The fraction of sp³-hybridized carbons (Fsp3) is 0.357. The van der Waals surface area contributed by atoms with Gasteiger partial charge in [0.1, 0.15) is 5.82 Å². The number of aryl methyl sites for hydroxylation is 1. The molecule has 1 atom stereocenters. The summed E-state index contributed by atoms with van der Waals surface area (Å²) in [6.07, 6.45) is 5.77. The number of imidazole rings is 1. The Bertz CT molecular complexity index is 408. The zero-order chi connectivity index (χ0) is 11.9. The molecule has 3 nitrogen and oxygen atoms in total. The molecule has 90 valence electrons. The highest BCUT2D eigenvalue weighted by molar-refractivity contribution is 5.17. The number of rotatable bonds is 6. The molecule has 0 saturated heterocycles. The van der Waals surface area contributed by atoms with Gasteiger partial charge in [0.25, 0.3) is 0 Å². The van der Waals surface area contributed by atoms with Crippen molar-refractivity contribution in [2.24, 2.45) is 0 Å². The fourth-order valence-electron chi connectivity index (χ4n) is 1.87. The summed E-state index contributed by atoms with van der Waals surface area (Å²) in [5.41, 5.74) is 1.34. The van der Waals surface area contributed by atoms with E-state index >= 15 is 0 Å². The SMILES string of the molecule is CC(NCCCc1ncc[nH]1)c1ccccc1. The van der Waals surface area contributed by atoms with Crippen molar-refractivity contribution in [3.8, 4) is 0 Å². The van der Waals surface area contributed by atoms with Crippen molar-refractivity contribution in [2.75, 3.05) is 6.54 Å². The van der Waals surface area contributed by atoms with Crippen LogP contribution < -0.4 is 5.32 Å². The second kappa shape index (κ2) is 6.21. The topological polar surface area (TPSA) is 40.7 Å². The Labute approximate surface area is 102 Å².